The number of nitrogens with one attached hydrogen (secondary N) is 1. The van der Waals surface area contributed by atoms with Crippen LogP contribution in [0.4, 0.5) is 5.69 Å². The van der Waals surface area contributed by atoms with Crippen LogP contribution in [0.25, 0.3) is 21.9 Å². The zero-order chi connectivity index (χ0) is 25.8. The van der Waals surface area contributed by atoms with Crippen molar-refractivity contribution >= 4 is 55.2 Å². The number of ketones is 1. The van der Waals surface area contributed by atoms with Gasteiger partial charge in [0.05, 0.1) is 11.6 Å². The molecular weight excluding hydrogens is 532 g/mol. The molecule has 1 aliphatic heterocycles. The van der Waals surface area contributed by atoms with Gasteiger partial charge in [-0.05, 0) is 53.9 Å². The molecular formula is C30H23BrN2O4. The number of carbonyl (C=O) groups excluding carboxylic acids is 2. The number of halogens is 1. The highest BCUT2D eigenvalue weighted by molar-refractivity contribution is 9.10. The summed E-state index contributed by atoms with van der Waals surface area (Å²) in [5, 5.41) is 12.7. The number of Topliss-reactive ketones (excluding diaryl/α,β-unsaturated/α-hetero) is 1. The van der Waals surface area contributed by atoms with Crippen LogP contribution in [0.3, 0.4) is 0 Å². The van der Waals surface area contributed by atoms with E-state index in [4.69, 9.17) is 4.42 Å². The number of aliphatic hydroxyl groups is 1. The van der Waals surface area contributed by atoms with Crippen molar-refractivity contribution in [1.82, 2.24) is 4.98 Å². The fourth-order valence-corrected chi connectivity index (χ4v) is 5.38. The van der Waals surface area contributed by atoms with E-state index in [0.29, 0.717) is 22.8 Å². The number of hydrogen-bond donors (Lipinski definition) is 2. The average molecular weight is 555 g/mol. The number of carbonyl (C=O) groups is 2. The molecule has 5 aromatic rings. The van der Waals surface area contributed by atoms with Crippen LogP contribution >= 0.6 is 15.9 Å². The lowest BCUT2D eigenvalue weighted by molar-refractivity contribution is -0.117. The van der Waals surface area contributed by atoms with Gasteiger partial charge in [0.25, 0.3) is 5.91 Å². The quantitative estimate of drug-likeness (QED) is 0.219. The summed E-state index contributed by atoms with van der Waals surface area (Å²) in [4.78, 5) is 32.2. The minimum Gasteiger partial charge on any atom is -0.503 e. The molecule has 6 nitrogen and oxygen atoms in total. The Bertz CT molecular complexity index is 1730. The molecule has 0 bridgehead atoms. The number of furan rings is 1. The monoisotopic (exact) mass is 554 g/mol. The van der Waals surface area contributed by atoms with Gasteiger partial charge in [0.1, 0.15) is 5.58 Å². The lowest BCUT2D eigenvalue weighted by Crippen LogP contribution is -2.31. The maximum Gasteiger partial charge on any atom is 0.294 e. The van der Waals surface area contributed by atoms with E-state index in [9.17, 15) is 14.7 Å². The molecule has 0 spiro atoms. The molecule has 0 radical (unpaired) electrons. The molecule has 2 aromatic heterocycles. The van der Waals surface area contributed by atoms with Crippen molar-refractivity contribution in [2.24, 2.45) is 0 Å². The van der Waals surface area contributed by atoms with Gasteiger partial charge in [-0.2, -0.15) is 0 Å². The van der Waals surface area contributed by atoms with Gasteiger partial charge in [0.15, 0.2) is 11.5 Å². The summed E-state index contributed by atoms with van der Waals surface area (Å²) in [6.45, 7) is 4.20. The van der Waals surface area contributed by atoms with Gasteiger partial charge in [-0.15, -0.1) is 0 Å². The summed E-state index contributed by atoms with van der Waals surface area (Å²) in [6, 6.07) is 21.6. The van der Waals surface area contributed by atoms with E-state index >= 15 is 0 Å². The lowest BCUT2D eigenvalue weighted by Gasteiger charge is -2.26. The fourth-order valence-electron chi connectivity index (χ4n) is 5.00. The maximum absolute atomic E-state index is 13.9. The molecule has 1 amide bonds. The largest absolute Gasteiger partial charge is 0.503 e. The van der Waals surface area contributed by atoms with E-state index in [2.05, 4.69) is 34.8 Å². The van der Waals surface area contributed by atoms with E-state index in [1.54, 1.807) is 18.3 Å². The highest BCUT2D eigenvalue weighted by atomic mass is 79.9. The third-order valence-electron chi connectivity index (χ3n) is 6.91. The maximum atomic E-state index is 13.9. The number of rotatable bonds is 5. The van der Waals surface area contributed by atoms with Crippen LogP contribution in [-0.2, 0) is 4.79 Å². The third kappa shape index (κ3) is 3.78. The SMILES string of the molecule is CC(C)c1ccc(N2C(=O)C(O)=C(C(=O)c3cc4cc(Br)ccc4o3)C2c2c[nH]c3ccccc23)cc1. The smallest absolute Gasteiger partial charge is 0.294 e. The van der Waals surface area contributed by atoms with Crippen molar-refractivity contribution in [3.05, 3.63) is 112 Å². The Morgan fingerprint density at radius 2 is 1.81 bits per heavy atom. The first kappa shape index (κ1) is 23.3. The van der Waals surface area contributed by atoms with E-state index in [0.717, 1.165) is 26.3 Å². The predicted octanol–water partition coefficient (Wildman–Crippen LogP) is 7.58. The zero-order valence-electron chi connectivity index (χ0n) is 20.2. The normalized spacial score (nSPS) is 16.1. The molecule has 0 aliphatic carbocycles. The molecule has 37 heavy (non-hydrogen) atoms. The summed E-state index contributed by atoms with van der Waals surface area (Å²) in [5.74, 6) is -1.35. The van der Waals surface area contributed by atoms with E-state index < -0.39 is 23.5 Å². The Morgan fingerprint density at radius 3 is 2.57 bits per heavy atom. The van der Waals surface area contributed by atoms with Crippen LogP contribution in [0.5, 0.6) is 0 Å². The zero-order valence-corrected chi connectivity index (χ0v) is 21.7. The fraction of sp³-hybridized carbons (Fsp3) is 0.133. The number of fused-ring (bicyclic) bond motifs is 2. The Morgan fingerprint density at radius 1 is 1.05 bits per heavy atom. The van der Waals surface area contributed by atoms with Gasteiger partial charge in [-0.25, -0.2) is 0 Å². The number of hydrogen-bond acceptors (Lipinski definition) is 4. The second-order valence-electron chi connectivity index (χ2n) is 9.50. The Kier molecular flexibility index (Phi) is 5.53. The molecule has 1 unspecified atom stereocenters. The van der Waals surface area contributed by atoms with Crippen molar-refractivity contribution in [2.45, 2.75) is 25.8 Å². The first-order valence-corrected chi connectivity index (χ1v) is 12.8. The summed E-state index contributed by atoms with van der Waals surface area (Å²) in [6.07, 6.45) is 1.79. The third-order valence-corrected chi connectivity index (χ3v) is 7.40. The summed E-state index contributed by atoms with van der Waals surface area (Å²) in [5.41, 5.74) is 3.82. The number of aromatic nitrogens is 1. The van der Waals surface area contributed by atoms with Gasteiger partial charge in [-0.3, -0.25) is 14.5 Å². The summed E-state index contributed by atoms with van der Waals surface area (Å²) >= 11 is 3.44. The van der Waals surface area contributed by atoms with Crippen LogP contribution in [0.2, 0.25) is 0 Å². The minimum absolute atomic E-state index is 0.0131. The minimum atomic E-state index is -0.846. The number of H-pyrrole nitrogens is 1. The summed E-state index contributed by atoms with van der Waals surface area (Å²) in [7, 11) is 0. The van der Waals surface area contributed by atoms with E-state index in [1.165, 1.54) is 4.90 Å². The van der Waals surface area contributed by atoms with Crippen molar-refractivity contribution in [3.8, 4) is 0 Å². The second-order valence-corrected chi connectivity index (χ2v) is 10.4. The van der Waals surface area contributed by atoms with E-state index in [1.807, 2.05) is 60.7 Å². The highest BCUT2D eigenvalue weighted by Gasteiger charge is 2.46. The number of aliphatic hydroxyl groups excluding tert-OH is 1. The molecule has 7 heteroatoms. The van der Waals surface area contributed by atoms with Gasteiger partial charge in [-0.1, -0.05) is 60.1 Å². The molecule has 2 N–H and O–H groups in total. The molecule has 0 saturated carbocycles. The number of anilines is 1. The molecule has 184 valence electrons. The van der Waals surface area contributed by atoms with Crippen LogP contribution < -0.4 is 4.90 Å². The van der Waals surface area contributed by atoms with Crippen molar-refractivity contribution in [2.75, 3.05) is 4.90 Å². The molecule has 0 saturated heterocycles. The van der Waals surface area contributed by atoms with Crippen molar-refractivity contribution in [3.63, 3.8) is 0 Å². The number of aromatic amines is 1. The number of amides is 1. The topological polar surface area (TPSA) is 86.5 Å². The first-order valence-electron chi connectivity index (χ1n) is 12.0. The number of nitrogens with zero attached hydrogens (tertiary/aromatic N) is 1. The van der Waals surface area contributed by atoms with Crippen LogP contribution in [-0.4, -0.2) is 21.8 Å². The van der Waals surface area contributed by atoms with E-state index in [-0.39, 0.29) is 11.3 Å². The van der Waals surface area contributed by atoms with Crippen LogP contribution in [0.15, 0.2) is 99.2 Å². The first-order chi connectivity index (χ1) is 17.8. The molecule has 1 aliphatic rings. The van der Waals surface area contributed by atoms with Crippen LogP contribution in [0, 0.1) is 0 Å². The van der Waals surface area contributed by atoms with Crippen molar-refractivity contribution in [1.29, 1.82) is 0 Å². The lowest BCUT2D eigenvalue weighted by atomic mass is 9.94. The van der Waals surface area contributed by atoms with Gasteiger partial charge >= 0.3 is 0 Å². The molecule has 6 rings (SSSR count). The highest BCUT2D eigenvalue weighted by Crippen LogP contribution is 2.44. The van der Waals surface area contributed by atoms with Gasteiger partial charge < -0.3 is 14.5 Å². The van der Waals surface area contributed by atoms with Gasteiger partial charge in [0, 0.05) is 38.2 Å². The number of para-hydroxylation sites is 1. The van der Waals surface area contributed by atoms with Gasteiger partial charge in [0.2, 0.25) is 5.78 Å². The molecule has 3 heterocycles. The van der Waals surface area contributed by atoms with Crippen molar-refractivity contribution < 1.29 is 19.1 Å². The summed E-state index contributed by atoms with van der Waals surface area (Å²) < 4.78 is 6.72. The molecule has 0 fully saturated rings. The predicted molar refractivity (Wildman–Crippen MR) is 147 cm³/mol. The Labute approximate surface area is 221 Å². The Hall–Kier alpha value is -4.10. The van der Waals surface area contributed by atoms with Crippen LogP contribution in [0.1, 0.15) is 47.5 Å². The standard InChI is InChI=1S/C30H23BrN2O4/c1-16(2)17-7-10-20(11-8-17)33-27(22-15-32-23-6-4-3-5-21(22)23)26(29(35)30(33)36)28(34)25-14-18-13-19(31)9-12-24(18)37-25/h3-16,27,32,35H,1-2H3. The Balaban J connectivity index is 1.52. The molecule has 3 aromatic carbocycles. The second kappa shape index (κ2) is 8.78. The molecule has 1 atom stereocenters. The number of benzene rings is 3. The average Bonchev–Trinajstić information content (AvgIpc) is 3.58.